The first kappa shape index (κ1) is 21.2. The van der Waals surface area contributed by atoms with E-state index in [9.17, 15) is 9.59 Å². The molecule has 0 bridgehead atoms. The SMILES string of the molecule is O=C(CSc1cccc(NC(=O)Cc2ccc(Cl)cc2)c1)Nc1ccc(Cl)cc1. The molecule has 148 valence electrons. The van der Waals surface area contributed by atoms with Crippen LogP contribution in [0.1, 0.15) is 5.56 Å². The molecular weight excluding hydrogens is 427 g/mol. The topological polar surface area (TPSA) is 58.2 Å². The van der Waals surface area contributed by atoms with E-state index in [1.807, 2.05) is 36.4 Å². The van der Waals surface area contributed by atoms with Crippen molar-refractivity contribution in [2.24, 2.45) is 0 Å². The van der Waals surface area contributed by atoms with E-state index >= 15 is 0 Å². The Morgan fingerprint density at radius 1 is 0.759 bits per heavy atom. The van der Waals surface area contributed by atoms with Gasteiger partial charge in [-0.05, 0) is 60.2 Å². The van der Waals surface area contributed by atoms with Crippen molar-refractivity contribution in [1.82, 2.24) is 0 Å². The molecule has 0 spiro atoms. The van der Waals surface area contributed by atoms with Crippen LogP contribution in [-0.2, 0) is 16.0 Å². The van der Waals surface area contributed by atoms with Gasteiger partial charge in [-0.15, -0.1) is 11.8 Å². The predicted octanol–water partition coefficient (Wildman–Crippen LogP) is 5.91. The molecule has 29 heavy (non-hydrogen) atoms. The first-order chi connectivity index (χ1) is 14.0. The lowest BCUT2D eigenvalue weighted by molar-refractivity contribution is -0.115. The van der Waals surface area contributed by atoms with Gasteiger partial charge in [0.05, 0.1) is 12.2 Å². The van der Waals surface area contributed by atoms with Gasteiger partial charge >= 0.3 is 0 Å². The van der Waals surface area contributed by atoms with Crippen molar-refractivity contribution < 1.29 is 9.59 Å². The number of anilines is 2. The van der Waals surface area contributed by atoms with E-state index in [4.69, 9.17) is 23.2 Å². The van der Waals surface area contributed by atoms with Crippen molar-refractivity contribution >= 4 is 58.2 Å². The fourth-order valence-electron chi connectivity index (χ4n) is 2.54. The van der Waals surface area contributed by atoms with Gasteiger partial charge in [0.2, 0.25) is 11.8 Å². The summed E-state index contributed by atoms with van der Waals surface area (Å²) >= 11 is 13.1. The maximum absolute atomic E-state index is 12.2. The van der Waals surface area contributed by atoms with Crippen LogP contribution in [0.4, 0.5) is 11.4 Å². The third kappa shape index (κ3) is 7.13. The molecule has 0 radical (unpaired) electrons. The Labute approximate surface area is 183 Å². The molecule has 7 heteroatoms. The number of hydrogen-bond acceptors (Lipinski definition) is 3. The molecule has 3 aromatic carbocycles. The van der Waals surface area contributed by atoms with Gasteiger partial charge in [0.25, 0.3) is 0 Å². The van der Waals surface area contributed by atoms with Gasteiger partial charge in [0, 0.05) is 26.3 Å². The molecule has 0 fully saturated rings. The number of carbonyl (C=O) groups excluding carboxylic acids is 2. The van der Waals surface area contributed by atoms with E-state index in [0.29, 0.717) is 21.4 Å². The number of carbonyl (C=O) groups is 2. The molecule has 2 amide bonds. The van der Waals surface area contributed by atoms with Crippen molar-refractivity contribution in [3.63, 3.8) is 0 Å². The molecule has 0 saturated heterocycles. The van der Waals surface area contributed by atoms with Crippen LogP contribution in [0.15, 0.2) is 77.7 Å². The summed E-state index contributed by atoms with van der Waals surface area (Å²) in [6.45, 7) is 0. The van der Waals surface area contributed by atoms with Crippen LogP contribution in [-0.4, -0.2) is 17.6 Å². The predicted molar refractivity (Wildman–Crippen MR) is 121 cm³/mol. The molecule has 0 saturated carbocycles. The minimum atomic E-state index is -0.116. The smallest absolute Gasteiger partial charge is 0.234 e. The zero-order valence-electron chi connectivity index (χ0n) is 15.3. The first-order valence-corrected chi connectivity index (χ1v) is 10.5. The average molecular weight is 445 g/mol. The highest BCUT2D eigenvalue weighted by atomic mass is 35.5. The van der Waals surface area contributed by atoms with E-state index in [1.165, 1.54) is 11.8 Å². The van der Waals surface area contributed by atoms with Crippen molar-refractivity contribution in [3.8, 4) is 0 Å². The Kier molecular flexibility index (Phi) is 7.58. The Morgan fingerprint density at radius 2 is 1.38 bits per heavy atom. The molecule has 0 aliphatic rings. The highest BCUT2D eigenvalue weighted by Crippen LogP contribution is 2.22. The summed E-state index contributed by atoms with van der Waals surface area (Å²) < 4.78 is 0. The maximum atomic E-state index is 12.2. The summed E-state index contributed by atoms with van der Waals surface area (Å²) in [5.41, 5.74) is 2.27. The number of benzene rings is 3. The van der Waals surface area contributed by atoms with Gasteiger partial charge in [-0.1, -0.05) is 41.4 Å². The molecule has 0 heterocycles. The van der Waals surface area contributed by atoms with E-state index in [1.54, 1.807) is 36.4 Å². The Bertz CT molecular complexity index is 992. The van der Waals surface area contributed by atoms with Gasteiger partial charge in [-0.3, -0.25) is 9.59 Å². The third-order valence-electron chi connectivity index (χ3n) is 3.89. The Balaban J connectivity index is 1.50. The van der Waals surface area contributed by atoms with Gasteiger partial charge in [0.1, 0.15) is 0 Å². The zero-order valence-corrected chi connectivity index (χ0v) is 17.7. The van der Waals surface area contributed by atoms with Crippen molar-refractivity contribution in [1.29, 1.82) is 0 Å². The molecule has 0 aliphatic heterocycles. The first-order valence-electron chi connectivity index (χ1n) is 8.80. The summed E-state index contributed by atoms with van der Waals surface area (Å²) in [7, 11) is 0. The van der Waals surface area contributed by atoms with Crippen LogP contribution in [0.25, 0.3) is 0 Å². The van der Waals surface area contributed by atoms with Gasteiger partial charge in [0.15, 0.2) is 0 Å². The molecule has 0 unspecified atom stereocenters. The number of thioether (sulfide) groups is 1. The molecule has 3 rings (SSSR count). The van der Waals surface area contributed by atoms with E-state index in [0.717, 1.165) is 10.5 Å². The normalized spacial score (nSPS) is 10.4. The van der Waals surface area contributed by atoms with E-state index in [-0.39, 0.29) is 24.0 Å². The largest absolute Gasteiger partial charge is 0.326 e. The van der Waals surface area contributed by atoms with Crippen LogP contribution in [0.5, 0.6) is 0 Å². The maximum Gasteiger partial charge on any atom is 0.234 e. The zero-order chi connectivity index (χ0) is 20.6. The van der Waals surface area contributed by atoms with Crippen molar-refractivity contribution in [3.05, 3.63) is 88.4 Å². The molecule has 4 nitrogen and oxygen atoms in total. The van der Waals surface area contributed by atoms with Gasteiger partial charge < -0.3 is 10.6 Å². The summed E-state index contributed by atoms with van der Waals surface area (Å²) in [4.78, 5) is 25.3. The molecule has 2 N–H and O–H groups in total. The number of nitrogens with one attached hydrogen (secondary N) is 2. The second-order valence-corrected chi connectivity index (χ2v) is 8.14. The quantitative estimate of drug-likeness (QED) is 0.445. The lowest BCUT2D eigenvalue weighted by atomic mass is 10.1. The van der Waals surface area contributed by atoms with Crippen LogP contribution in [0.3, 0.4) is 0 Å². The lowest BCUT2D eigenvalue weighted by Gasteiger charge is -2.08. The second kappa shape index (κ2) is 10.3. The van der Waals surface area contributed by atoms with E-state index < -0.39 is 0 Å². The molecule has 0 aromatic heterocycles. The minimum Gasteiger partial charge on any atom is -0.326 e. The second-order valence-electron chi connectivity index (χ2n) is 6.22. The van der Waals surface area contributed by atoms with Crippen molar-refractivity contribution in [2.75, 3.05) is 16.4 Å². The summed E-state index contributed by atoms with van der Waals surface area (Å²) in [6.07, 6.45) is 0.262. The summed E-state index contributed by atoms with van der Waals surface area (Å²) in [6, 6.07) is 21.5. The highest BCUT2D eigenvalue weighted by molar-refractivity contribution is 8.00. The third-order valence-corrected chi connectivity index (χ3v) is 5.39. The summed E-state index contributed by atoms with van der Waals surface area (Å²) in [5.74, 6) is 0.0228. The molecule has 3 aromatic rings. The lowest BCUT2D eigenvalue weighted by Crippen LogP contribution is -2.15. The Morgan fingerprint density at radius 3 is 2.07 bits per heavy atom. The Hall–Kier alpha value is -2.47. The van der Waals surface area contributed by atoms with Crippen molar-refractivity contribution in [2.45, 2.75) is 11.3 Å². The van der Waals surface area contributed by atoms with Crippen LogP contribution in [0, 0.1) is 0 Å². The summed E-state index contributed by atoms with van der Waals surface area (Å²) in [5, 5.41) is 6.96. The van der Waals surface area contributed by atoms with Crippen LogP contribution in [0.2, 0.25) is 10.0 Å². The number of halogens is 2. The standard InChI is InChI=1S/C22H18Cl2N2O2S/c23-16-6-4-15(5-7-16)12-21(27)26-19-2-1-3-20(13-19)29-14-22(28)25-18-10-8-17(24)9-11-18/h1-11,13H,12,14H2,(H,25,28)(H,26,27). The fraction of sp³-hybridized carbons (Fsp3) is 0.0909. The molecular formula is C22H18Cl2N2O2S. The number of hydrogen-bond donors (Lipinski definition) is 2. The fourth-order valence-corrected chi connectivity index (χ4v) is 3.54. The monoisotopic (exact) mass is 444 g/mol. The van der Waals surface area contributed by atoms with Crippen LogP contribution < -0.4 is 10.6 Å². The van der Waals surface area contributed by atoms with Gasteiger partial charge in [-0.2, -0.15) is 0 Å². The highest BCUT2D eigenvalue weighted by Gasteiger charge is 2.07. The van der Waals surface area contributed by atoms with Crippen LogP contribution >= 0.6 is 35.0 Å². The number of amides is 2. The molecule has 0 aliphatic carbocycles. The van der Waals surface area contributed by atoms with E-state index in [2.05, 4.69) is 10.6 Å². The number of rotatable bonds is 7. The minimum absolute atomic E-state index is 0.116. The van der Waals surface area contributed by atoms with Gasteiger partial charge in [-0.25, -0.2) is 0 Å². The molecule has 0 atom stereocenters. The average Bonchev–Trinajstić information content (AvgIpc) is 2.70.